The minimum atomic E-state index is -1.05. The van der Waals surface area contributed by atoms with Gasteiger partial charge in [-0.2, -0.15) is 0 Å². The Morgan fingerprint density at radius 3 is 2.57 bits per heavy atom. The molecule has 0 bridgehead atoms. The molecule has 0 saturated carbocycles. The van der Waals surface area contributed by atoms with Gasteiger partial charge in [0.2, 0.25) is 0 Å². The molecule has 0 radical (unpaired) electrons. The lowest BCUT2D eigenvalue weighted by molar-refractivity contribution is -0.0334. The zero-order valence-corrected chi connectivity index (χ0v) is 20.8. The lowest BCUT2D eigenvalue weighted by Gasteiger charge is -2.38. The van der Waals surface area contributed by atoms with Crippen LogP contribution in [0.1, 0.15) is 35.8 Å². The van der Waals surface area contributed by atoms with Crippen LogP contribution in [-0.2, 0) is 5.60 Å². The summed E-state index contributed by atoms with van der Waals surface area (Å²) in [4.78, 5) is 22.7. The van der Waals surface area contributed by atoms with Crippen molar-refractivity contribution in [2.75, 3.05) is 25.5 Å². The van der Waals surface area contributed by atoms with Gasteiger partial charge in [-0.25, -0.2) is 19.2 Å². The molecule has 3 heterocycles. The van der Waals surface area contributed by atoms with Crippen LogP contribution in [0.3, 0.4) is 0 Å². The zero-order valence-electron chi connectivity index (χ0n) is 20.8. The number of carboxylic acids is 1. The molecule has 1 aliphatic heterocycles. The summed E-state index contributed by atoms with van der Waals surface area (Å²) >= 11 is 0. The molecule has 8 heteroatoms. The van der Waals surface area contributed by atoms with Crippen LogP contribution in [0.5, 0.6) is 0 Å². The van der Waals surface area contributed by atoms with E-state index in [1.807, 2.05) is 19.1 Å². The highest BCUT2D eigenvalue weighted by atomic mass is 19.1. The smallest absolute Gasteiger partial charge is 0.335 e. The highest BCUT2D eigenvalue weighted by Crippen LogP contribution is 2.36. The number of aliphatic hydroxyl groups is 1. The molecule has 0 amide bonds. The van der Waals surface area contributed by atoms with Gasteiger partial charge in [-0.05, 0) is 93.3 Å². The van der Waals surface area contributed by atoms with Gasteiger partial charge in [-0.3, -0.25) is 0 Å². The summed E-state index contributed by atoms with van der Waals surface area (Å²) in [5.41, 5.74) is 1.78. The maximum atomic E-state index is 15.0. The number of carboxylic acid groups (broad SMARTS) is 1. The molecule has 1 atom stereocenters. The first-order valence-electron chi connectivity index (χ1n) is 12.3. The van der Waals surface area contributed by atoms with Crippen LogP contribution in [0.25, 0.3) is 22.0 Å². The maximum Gasteiger partial charge on any atom is 0.335 e. The van der Waals surface area contributed by atoms with Crippen molar-refractivity contribution >= 4 is 28.4 Å². The van der Waals surface area contributed by atoms with E-state index in [4.69, 9.17) is 4.98 Å². The molecule has 1 unspecified atom stereocenters. The van der Waals surface area contributed by atoms with Crippen LogP contribution in [0, 0.1) is 11.7 Å². The molecule has 7 nitrogen and oxygen atoms in total. The van der Waals surface area contributed by atoms with Gasteiger partial charge < -0.3 is 20.4 Å². The van der Waals surface area contributed by atoms with Gasteiger partial charge in [0.15, 0.2) is 0 Å². The molecule has 1 fully saturated rings. The van der Waals surface area contributed by atoms with Gasteiger partial charge in [0.05, 0.1) is 22.5 Å². The van der Waals surface area contributed by atoms with E-state index in [-0.39, 0.29) is 17.2 Å². The molecule has 37 heavy (non-hydrogen) atoms. The monoisotopic (exact) mass is 500 g/mol. The number of fused-ring (bicyclic) bond motifs is 1. The van der Waals surface area contributed by atoms with Crippen molar-refractivity contribution in [3.63, 3.8) is 0 Å². The van der Waals surface area contributed by atoms with E-state index in [9.17, 15) is 19.4 Å². The van der Waals surface area contributed by atoms with E-state index in [2.05, 4.69) is 22.2 Å². The van der Waals surface area contributed by atoms with Gasteiger partial charge in [-0.1, -0.05) is 18.2 Å². The maximum absolute atomic E-state index is 15.0. The first kappa shape index (κ1) is 24.8. The van der Waals surface area contributed by atoms with E-state index in [0.717, 1.165) is 31.3 Å². The Morgan fingerprint density at radius 2 is 1.84 bits per heavy atom. The first-order valence-corrected chi connectivity index (χ1v) is 12.3. The number of anilines is 2. The van der Waals surface area contributed by atoms with E-state index >= 15 is 0 Å². The SMILES string of the molecule is CN1CCC(C(C)(O)c2ccc3cnc(Nc4ccc(-c5cccc(C(=O)O)c5)cc4F)cc3n2)CC1. The summed E-state index contributed by atoms with van der Waals surface area (Å²) in [6.07, 6.45) is 3.48. The molecule has 4 aromatic rings. The quantitative estimate of drug-likeness (QED) is 0.325. The van der Waals surface area contributed by atoms with E-state index in [1.165, 1.54) is 18.2 Å². The second-order valence-electron chi connectivity index (χ2n) is 9.89. The molecule has 1 aliphatic rings. The topological polar surface area (TPSA) is 98.6 Å². The number of carbonyl (C=O) groups is 1. The fourth-order valence-corrected chi connectivity index (χ4v) is 4.91. The van der Waals surface area contributed by atoms with E-state index in [0.29, 0.717) is 28.2 Å². The number of nitrogens with one attached hydrogen (secondary N) is 1. The van der Waals surface area contributed by atoms with Gasteiger partial charge >= 0.3 is 5.97 Å². The lowest BCUT2D eigenvalue weighted by atomic mass is 9.79. The number of aromatic carboxylic acids is 1. The van der Waals surface area contributed by atoms with Crippen LogP contribution in [0.2, 0.25) is 0 Å². The standard InChI is InChI=1S/C29H29FN4O3/c1-29(37,22-10-12-34(2)13-11-22)26-9-7-21-17-31-27(16-25(21)32-26)33-24-8-6-19(15-23(24)30)18-4-3-5-20(14-18)28(35)36/h3-9,14-17,22,37H,10-13H2,1-2H3,(H,31,33)(H,35,36). The van der Waals surface area contributed by atoms with E-state index < -0.39 is 17.4 Å². The number of halogens is 1. The lowest BCUT2D eigenvalue weighted by Crippen LogP contribution is -2.41. The molecule has 5 rings (SSSR count). The van der Waals surface area contributed by atoms with Crippen molar-refractivity contribution in [3.8, 4) is 11.1 Å². The van der Waals surface area contributed by atoms with Gasteiger partial charge in [0.25, 0.3) is 0 Å². The predicted octanol–water partition coefficient (Wildman–Crippen LogP) is 5.43. The second kappa shape index (κ2) is 9.88. The molecule has 0 aliphatic carbocycles. The number of piperidine rings is 1. The van der Waals surface area contributed by atoms with Crippen molar-refractivity contribution in [3.05, 3.63) is 83.9 Å². The Balaban J connectivity index is 1.39. The summed E-state index contributed by atoms with van der Waals surface area (Å²) in [7, 11) is 2.09. The Labute approximate surface area is 214 Å². The summed E-state index contributed by atoms with van der Waals surface area (Å²) in [5.74, 6) is -0.979. The van der Waals surface area contributed by atoms with Gasteiger partial charge in [0, 0.05) is 17.6 Å². The van der Waals surface area contributed by atoms with Crippen molar-refractivity contribution in [2.24, 2.45) is 5.92 Å². The molecule has 0 spiro atoms. The molecule has 2 aromatic carbocycles. The zero-order chi connectivity index (χ0) is 26.2. The van der Waals surface area contributed by atoms with Crippen LogP contribution in [0.15, 0.2) is 66.9 Å². The largest absolute Gasteiger partial charge is 0.478 e. The molecule has 2 aromatic heterocycles. The van der Waals surface area contributed by atoms with Crippen LogP contribution < -0.4 is 5.32 Å². The van der Waals surface area contributed by atoms with Crippen LogP contribution >= 0.6 is 0 Å². The predicted molar refractivity (Wildman–Crippen MR) is 141 cm³/mol. The number of nitrogens with zero attached hydrogens (tertiary/aromatic N) is 3. The molecular weight excluding hydrogens is 471 g/mol. The van der Waals surface area contributed by atoms with Crippen LogP contribution in [0.4, 0.5) is 15.9 Å². The fraction of sp³-hybridized carbons (Fsp3) is 0.276. The third-order valence-electron chi connectivity index (χ3n) is 7.28. The van der Waals surface area contributed by atoms with Crippen molar-refractivity contribution < 1.29 is 19.4 Å². The Morgan fingerprint density at radius 1 is 1.08 bits per heavy atom. The van der Waals surface area contributed by atoms with Gasteiger partial charge in [0.1, 0.15) is 17.2 Å². The highest BCUT2D eigenvalue weighted by molar-refractivity contribution is 5.89. The average Bonchev–Trinajstić information content (AvgIpc) is 2.89. The Kier molecular flexibility index (Phi) is 6.62. The normalized spacial score (nSPS) is 16.4. The number of likely N-dealkylation sites (tertiary alicyclic amines) is 1. The third kappa shape index (κ3) is 5.16. The Bertz CT molecular complexity index is 1470. The Hall–Kier alpha value is -3.88. The molecule has 1 saturated heterocycles. The van der Waals surface area contributed by atoms with Crippen molar-refractivity contribution in [1.29, 1.82) is 0 Å². The van der Waals surface area contributed by atoms with Gasteiger partial charge in [-0.15, -0.1) is 0 Å². The summed E-state index contributed by atoms with van der Waals surface area (Å²) in [6.45, 7) is 3.73. The average molecular weight is 501 g/mol. The summed E-state index contributed by atoms with van der Waals surface area (Å²) < 4.78 is 15.0. The highest BCUT2D eigenvalue weighted by Gasteiger charge is 2.36. The molecule has 3 N–H and O–H groups in total. The number of hydrogen-bond acceptors (Lipinski definition) is 6. The van der Waals surface area contributed by atoms with Crippen LogP contribution in [-0.4, -0.2) is 51.2 Å². The van der Waals surface area contributed by atoms with Crippen molar-refractivity contribution in [1.82, 2.24) is 14.9 Å². The number of rotatable bonds is 6. The molecular formula is C29H29FN4O3. The number of hydrogen-bond donors (Lipinski definition) is 3. The molecule has 190 valence electrons. The first-order chi connectivity index (χ1) is 17.7. The minimum Gasteiger partial charge on any atom is -0.478 e. The summed E-state index contributed by atoms with van der Waals surface area (Å²) in [5, 5.41) is 24.4. The number of benzene rings is 2. The van der Waals surface area contributed by atoms with E-state index in [1.54, 1.807) is 36.5 Å². The minimum absolute atomic E-state index is 0.122. The number of pyridine rings is 2. The fourth-order valence-electron chi connectivity index (χ4n) is 4.91. The van der Waals surface area contributed by atoms with Crippen molar-refractivity contribution in [2.45, 2.75) is 25.4 Å². The summed E-state index contributed by atoms with van der Waals surface area (Å²) in [6, 6.07) is 16.6. The number of aromatic nitrogens is 2. The third-order valence-corrected chi connectivity index (χ3v) is 7.28. The second-order valence-corrected chi connectivity index (χ2v) is 9.89.